The van der Waals surface area contributed by atoms with Gasteiger partial charge in [0.1, 0.15) is 12.7 Å². The van der Waals surface area contributed by atoms with Crippen LogP contribution in [0.25, 0.3) is 5.57 Å². The van der Waals surface area contributed by atoms with Crippen molar-refractivity contribution in [2.75, 3.05) is 0 Å². The summed E-state index contributed by atoms with van der Waals surface area (Å²) in [7, 11) is 0. The third-order valence-corrected chi connectivity index (χ3v) is 3.86. The molecular weight excluding hydrogens is 248 g/mol. The molecule has 0 fully saturated rings. The van der Waals surface area contributed by atoms with E-state index in [-0.39, 0.29) is 5.92 Å². The molecule has 2 unspecified atom stereocenters. The second-order valence-corrected chi connectivity index (χ2v) is 5.12. The Bertz CT molecular complexity index is 647. The third kappa shape index (κ3) is 2.37. The number of hydrogen-bond acceptors (Lipinski definition) is 4. The zero-order valence-electron chi connectivity index (χ0n) is 11.6. The van der Waals surface area contributed by atoms with Crippen molar-refractivity contribution in [1.82, 2.24) is 19.9 Å². The lowest BCUT2D eigenvalue weighted by atomic mass is 9.78. The summed E-state index contributed by atoms with van der Waals surface area (Å²) in [5, 5.41) is 0. The molecular formula is C16H16N4. The van der Waals surface area contributed by atoms with Crippen molar-refractivity contribution in [2.24, 2.45) is 5.92 Å². The predicted molar refractivity (Wildman–Crippen MR) is 77.7 cm³/mol. The highest BCUT2D eigenvalue weighted by Gasteiger charge is 2.23. The topological polar surface area (TPSA) is 51.6 Å². The van der Waals surface area contributed by atoms with Gasteiger partial charge in [-0.3, -0.25) is 0 Å². The van der Waals surface area contributed by atoms with Crippen LogP contribution in [-0.2, 0) is 0 Å². The van der Waals surface area contributed by atoms with Gasteiger partial charge in [-0.1, -0.05) is 24.6 Å². The van der Waals surface area contributed by atoms with E-state index in [4.69, 9.17) is 0 Å². The molecule has 0 aliphatic heterocycles. The summed E-state index contributed by atoms with van der Waals surface area (Å²) < 4.78 is 0. The van der Waals surface area contributed by atoms with Crippen molar-refractivity contribution >= 4 is 5.57 Å². The van der Waals surface area contributed by atoms with E-state index in [0.29, 0.717) is 5.92 Å². The Labute approximate surface area is 118 Å². The SMILES string of the molecule is CC1=CC(c2cncnc2)=CC(c2cncnc2)C1C. The van der Waals surface area contributed by atoms with Gasteiger partial charge in [0.2, 0.25) is 0 Å². The van der Waals surface area contributed by atoms with E-state index in [1.807, 2.05) is 24.8 Å². The van der Waals surface area contributed by atoms with Crippen LogP contribution in [-0.4, -0.2) is 19.9 Å². The largest absolute Gasteiger partial charge is 0.245 e. The quantitative estimate of drug-likeness (QED) is 0.836. The summed E-state index contributed by atoms with van der Waals surface area (Å²) in [4.78, 5) is 16.5. The number of allylic oxidation sites excluding steroid dienone is 4. The molecule has 3 rings (SSSR count). The van der Waals surface area contributed by atoms with Gasteiger partial charge in [-0.2, -0.15) is 0 Å². The van der Waals surface area contributed by atoms with E-state index in [9.17, 15) is 0 Å². The molecule has 2 heterocycles. The van der Waals surface area contributed by atoms with Crippen molar-refractivity contribution < 1.29 is 0 Å². The molecule has 0 aromatic carbocycles. The summed E-state index contributed by atoms with van der Waals surface area (Å²) in [6.07, 6.45) is 15.1. The highest BCUT2D eigenvalue weighted by molar-refractivity contribution is 5.76. The van der Waals surface area contributed by atoms with E-state index in [1.165, 1.54) is 5.57 Å². The van der Waals surface area contributed by atoms with Gasteiger partial charge < -0.3 is 0 Å². The molecule has 1 aliphatic rings. The van der Waals surface area contributed by atoms with E-state index in [0.717, 1.165) is 16.7 Å². The third-order valence-electron chi connectivity index (χ3n) is 3.86. The van der Waals surface area contributed by atoms with Crippen LogP contribution in [0.5, 0.6) is 0 Å². The summed E-state index contributed by atoms with van der Waals surface area (Å²) in [6.45, 7) is 4.40. The summed E-state index contributed by atoms with van der Waals surface area (Å²) in [6, 6.07) is 0. The molecule has 0 spiro atoms. The maximum Gasteiger partial charge on any atom is 0.115 e. The first kappa shape index (κ1) is 12.7. The Hall–Kier alpha value is -2.36. The van der Waals surface area contributed by atoms with Crippen molar-refractivity contribution in [3.05, 3.63) is 66.3 Å². The standard InChI is InChI=1S/C16H16N4/c1-11-3-13(14-5-17-9-18-6-14)4-16(12(11)2)15-7-19-10-20-8-15/h3-10,12,16H,1-2H3. The highest BCUT2D eigenvalue weighted by atomic mass is 14.8. The maximum atomic E-state index is 4.13. The lowest BCUT2D eigenvalue weighted by molar-refractivity contribution is 0.597. The average molecular weight is 264 g/mol. The summed E-state index contributed by atoms with van der Waals surface area (Å²) in [5.41, 5.74) is 4.69. The second kappa shape index (κ2) is 5.33. The van der Waals surface area contributed by atoms with Crippen LogP contribution >= 0.6 is 0 Å². The van der Waals surface area contributed by atoms with Crippen LogP contribution in [0.15, 0.2) is 55.2 Å². The fourth-order valence-corrected chi connectivity index (χ4v) is 2.54. The maximum absolute atomic E-state index is 4.13. The first-order chi connectivity index (χ1) is 9.75. The Morgan fingerprint density at radius 1 is 0.900 bits per heavy atom. The minimum Gasteiger partial charge on any atom is -0.245 e. The molecule has 100 valence electrons. The molecule has 20 heavy (non-hydrogen) atoms. The van der Waals surface area contributed by atoms with Gasteiger partial charge in [-0.25, -0.2) is 19.9 Å². The summed E-state index contributed by atoms with van der Waals surface area (Å²) in [5.74, 6) is 0.728. The lowest BCUT2D eigenvalue weighted by Gasteiger charge is -2.27. The molecule has 1 aliphatic carbocycles. The number of hydrogen-bond donors (Lipinski definition) is 0. The van der Waals surface area contributed by atoms with E-state index in [1.54, 1.807) is 12.7 Å². The first-order valence-electron chi connectivity index (χ1n) is 6.66. The number of aromatic nitrogens is 4. The lowest BCUT2D eigenvalue weighted by Crippen LogP contribution is -2.13. The van der Waals surface area contributed by atoms with Gasteiger partial charge >= 0.3 is 0 Å². The zero-order valence-corrected chi connectivity index (χ0v) is 11.6. The van der Waals surface area contributed by atoms with Gasteiger partial charge in [-0.15, -0.1) is 0 Å². The van der Waals surface area contributed by atoms with Crippen LogP contribution < -0.4 is 0 Å². The Morgan fingerprint density at radius 3 is 2.15 bits per heavy atom. The second-order valence-electron chi connectivity index (χ2n) is 5.12. The number of nitrogens with zero attached hydrogens (tertiary/aromatic N) is 4. The van der Waals surface area contributed by atoms with E-state index >= 15 is 0 Å². The van der Waals surface area contributed by atoms with Gasteiger partial charge in [0.15, 0.2) is 0 Å². The zero-order chi connectivity index (χ0) is 13.9. The molecule has 2 aromatic rings. The molecule has 2 atom stereocenters. The fraction of sp³-hybridized carbons (Fsp3) is 0.250. The van der Waals surface area contributed by atoms with Gasteiger partial charge in [0, 0.05) is 36.3 Å². The van der Waals surface area contributed by atoms with Gasteiger partial charge in [0.25, 0.3) is 0 Å². The minimum atomic E-state index is 0.288. The van der Waals surface area contributed by atoms with Crippen molar-refractivity contribution in [3.8, 4) is 0 Å². The molecule has 0 saturated heterocycles. The van der Waals surface area contributed by atoms with E-state index < -0.39 is 0 Å². The van der Waals surface area contributed by atoms with Crippen LogP contribution in [0.3, 0.4) is 0 Å². The first-order valence-corrected chi connectivity index (χ1v) is 6.66. The molecule has 0 amide bonds. The van der Waals surface area contributed by atoms with Crippen LogP contribution in [0.2, 0.25) is 0 Å². The molecule has 0 bridgehead atoms. The minimum absolute atomic E-state index is 0.288. The molecule has 0 saturated carbocycles. The Balaban J connectivity index is 2.03. The van der Waals surface area contributed by atoms with Crippen molar-refractivity contribution in [2.45, 2.75) is 19.8 Å². The number of rotatable bonds is 2. The van der Waals surface area contributed by atoms with Crippen LogP contribution in [0.1, 0.15) is 30.9 Å². The Kier molecular flexibility index (Phi) is 3.37. The fourth-order valence-electron chi connectivity index (χ4n) is 2.54. The molecule has 0 N–H and O–H groups in total. The van der Waals surface area contributed by atoms with E-state index in [2.05, 4.69) is 45.9 Å². The van der Waals surface area contributed by atoms with Gasteiger partial charge in [-0.05, 0) is 24.0 Å². The normalized spacial score (nSPS) is 22.1. The summed E-state index contributed by atoms with van der Waals surface area (Å²) >= 11 is 0. The van der Waals surface area contributed by atoms with Crippen molar-refractivity contribution in [1.29, 1.82) is 0 Å². The molecule has 4 nitrogen and oxygen atoms in total. The molecule has 4 heteroatoms. The smallest absolute Gasteiger partial charge is 0.115 e. The van der Waals surface area contributed by atoms with Crippen LogP contribution in [0.4, 0.5) is 0 Å². The average Bonchev–Trinajstić information content (AvgIpc) is 2.51. The Morgan fingerprint density at radius 2 is 1.50 bits per heavy atom. The van der Waals surface area contributed by atoms with Crippen LogP contribution in [0, 0.1) is 5.92 Å². The highest BCUT2D eigenvalue weighted by Crippen LogP contribution is 2.38. The monoisotopic (exact) mass is 264 g/mol. The van der Waals surface area contributed by atoms with Crippen molar-refractivity contribution in [3.63, 3.8) is 0 Å². The predicted octanol–water partition coefficient (Wildman–Crippen LogP) is 3.03. The van der Waals surface area contributed by atoms with Gasteiger partial charge in [0.05, 0.1) is 0 Å². The molecule has 2 aromatic heterocycles. The molecule has 0 radical (unpaired) electrons.